The summed E-state index contributed by atoms with van der Waals surface area (Å²) in [6.07, 6.45) is 1.01. The number of esters is 1. The predicted octanol–water partition coefficient (Wildman–Crippen LogP) is 4.16. The molecule has 0 radical (unpaired) electrons. The van der Waals surface area contributed by atoms with Crippen LogP contribution in [0.3, 0.4) is 0 Å². The summed E-state index contributed by atoms with van der Waals surface area (Å²) in [5.41, 5.74) is 2.13. The lowest BCUT2D eigenvalue weighted by atomic mass is 10.00. The van der Waals surface area contributed by atoms with Crippen molar-refractivity contribution in [3.63, 3.8) is 0 Å². The number of hydrogen-bond acceptors (Lipinski definition) is 6. The van der Waals surface area contributed by atoms with Crippen LogP contribution < -0.4 is 0 Å². The topological polar surface area (TPSA) is 86.7 Å². The van der Waals surface area contributed by atoms with Crippen LogP contribution >= 0.6 is 0 Å². The Hall–Kier alpha value is -2.77. The monoisotopic (exact) mass is 458 g/mol. The smallest absolute Gasteiger partial charge is 0.321 e. The fourth-order valence-corrected chi connectivity index (χ4v) is 4.21. The molecule has 0 N–H and O–H groups in total. The minimum atomic E-state index is -3.75. The summed E-state index contributed by atoms with van der Waals surface area (Å²) in [6, 6.07) is 18.4. The molecule has 0 amide bonds. The van der Waals surface area contributed by atoms with E-state index in [1.807, 2.05) is 36.4 Å². The first-order chi connectivity index (χ1) is 15.2. The number of Topliss-reactive ketones (excluding diaryl/α,β-unsaturated/α-hetero) is 1. The summed E-state index contributed by atoms with van der Waals surface area (Å²) >= 11 is 0. The molecule has 0 heterocycles. The number of carbonyl (C=O) groups is 2. The maximum Gasteiger partial charge on any atom is 0.321 e. The van der Waals surface area contributed by atoms with E-state index in [2.05, 4.69) is 0 Å². The summed E-state index contributed by atoms with van der Waals surface area (Å²) in [5.74, 6) is -1.57. The third-order valence-corrected chi connectivity index (χ3v) is 6.86. The fourth-order valence-electron chi connectivity index (χ4n) is 3.11. The van der Waals surface area contributed by atoms with Crippen LogP contribution in [-0.2, 0) is 30.7 Å². The van der Waals surface area contributed by atoms with Crippen LogP contribution in [0.2, 0.25) is 0 Å². The first-order valence-electron chi connectivity index (χ1n) is 10.5. The highest BCUT2D eigenvalue weighted by Gasteiger charge is 2.25. The molecule has 0 aromatic heterocycles. The van der Waals surface area contributed by atoms with Crippen LogP contribution in [0.5, 0.6) is 0 Å². The number of ketones is 1. The van der Waals surface area contributed by atoms with Crippen molar-refractivity contribution in [1.29, 1.82) is 0 Å². The Labute approximate surface area is 190 Å². The lowest BCUT2D eigenvalue weighted by Gasteiger charge is -2.20. The van der Waals surface area contributed by atoms with E-state index in [9.17, 15) is 18.0 Å². The maximum atomic E-state index is 12.8. The molecule has 7 heteroatoms. The van der Waals surface area contributed by atoms with Gasteiger partial charge in [0.05, 0.1) is 24.6 Å². The van der Waals surface area contributed by atoms with Crippen molar-refractivity contribution in [2.45, 2.75) is 45.2 Å². The SMILES string of the molecule is CCOC(=O)CS(=O)(=O)[C@H](C)/C=C(/C)[C@H](CC(=O)c1ccccc1)OCc1ccccc1. The van der Waals surface area contributed by atoms with E-state index in [-0.39, 0.29) is 25.4 Å². The van der Waals surface area contributed by atoms with Gasteiger partial charge in [0.2, 0.25) is 0 Å². The Morgan fingerprint density at radius 1 is 1.00 bits per heavy atom. The van der Waals surface area contributed by atoms with E-state index in [0.29, 0.717) is 11.1 Å². The van der Waals surface area contributed by atoms with E-state index in [4.69, 9.17) is 9.47 Å². The average Bonchev–Trinajstić information content (AvgIpc) is 2.77. The lowest BCUT2D eigenvalue weighted by molar-refractivity contribution is -0.139. The average molecular weight is 459 g/mol. The lowest BCUT2D eigenvalue weighted by Crippen LogP contribution is -2.27. The molecule has 0 bridgehead atoms. The van der Waals surface area contributed by atoms with Gasteiger partial charge in [0, 0.05) is 12.0 Å². The quantitative estimate of drug-likeness (QED) is 0.270. The van der Waals surface area contributed by atoms with Gasteiger partial charge >= 0.3 is 5.97 Å². The third-order valence-electron chi connectivity index (χ3n) is 4.96. The van der Waals surface area contributed by atoms with E-state index in [1.165, 1.54) is 6.92 Å². The largest absolute Gasteiger partial charge is 0.465 e. The standard InChI is InChI=1S/C25H30O6S/c1-4-30-25(27)18-32(28,29)20(3)15-19(2)24(31-17-21-11-7-5-8-12-21)16-23(26)22-13-9-6-10-14-22/h5-15,20,24H,4,16-18H2,1-3H3/b19-15-/t20-,24+/m1/s1. The number of carbonyl (C=O) groups excluding carboxylic acids is 2. The molecule has 0 saturated heterocycles. The van der Waals surface area contributed by atoms with E-state index in [1.54, 1.807) is 44.2 Å². The summed E-state index contributed by atoms with van der Waals surface area (Å²) in [7, 11) is -3.75. The van der Waals surface area contributed by atoms with Crippen LogP contribution in [-0.4, -0.2) is 43.9 Å². The minimum absolute atomic E-state index is 0.0732. The number of benzene rings is 2. The number of sulfone groups is 1. The zero-order valence-electron chi connectivity index (χ0n) is 18.7. The van der Waals surface area contributed by atoms with Crippen LogP contribution in [0.1, 0.15) is 43.1 Å². The molecular formula is C25H30O6S. The van der Waals surface area contributed by atoms with Crippen LogP contribution in [0.15, 0.2) is 72.3 Å². The second-order valence-electron chi connectivity index (χ2n) is 7.51. The third kappa shape index (κ3) is 8.05. The summed E-state index contributed by atoms with van der Waals surface area (Å²) < 4.78 is 35.9. The highest BCUT2D eigenvalue weighted by molar-refractivity contribution is 7.92. The summed E-state index contributed by atoms with van der Waals surface area (Å²) in [6.45, 7) is 5.27. The van der Waals surface area contributed by atoms with E-state index in [0.717, 1.165) is 5.56 Å². The molecule has 0 spiro atoms. The van der Waals surface area contributed by atoms with Gasteiger partial charge in [0.1, 0.15) is 5.75 Å². The van der Waals surface area contributed by atoms with Gasteiger partial charge in [-0.25, -0.2) is 8.42 Å². The Balaban J connectivity index is 2.20. The predicted molar refractivity (Wildman–Crippen MR) is 124 cm³/mol. The van der Waals surface area contributed by atoms with Gasteiger partial charge in [-0.1, -0.05) is 66.7 Å². The molecule has 0 aliphatic rings. The molecular weight excluding hydrogens is 428 g/mol. The Morgan fingerprint density at radius 2 is 1.59 bits per heavy atom. The number of ether oxygens (including phenoxy) is 2. The molecule has 0 saturated carbocycles. The molecule has 0 fully saturated rings. The molecule has 6 nitrogen and oxygen atoms in total. The van der Waals surface area contributed by atoms with Gasteiger partial charge in [-0.3, -0.25) is 9.59 Å². The maximum absolute atomic E-state index is 12.8. The summed E-state index contributed by atoms with van der Waals surface area (Å²) in [5, 5.41) is -0.929. The zero-order valence-corrected chi connectivity index (χ0v) is 19.5. The van der Waals surface area contributed by atoms with Gasteiger partial charge in [-0.2, -0.15) is 0 Å². The van der Waals surface area contributed by atoms with Gasteiger partial charge in [0.15, 0.2) is 15.6 Å². The van der Waals surface area contributed by atoms with Crippen molar-refractivity contribution in [3.05, 3.63) is 83.4 Å². The number of rotatable bonds is 12. The van der Waals surface area contributed by atoms with Gasteiger partial charge in [-0.15, -0.1) is 0 Å². The molecule has 172 valence electrons. The van der Waals surface area contributed by atoms with Crippen molar-refractivity contribution in [3.8, 4) is 0 Å². The normalized spacial score (nSPS) is 13.9. The van der Waals surface area contributed by atoms with Crippen LogP contribution in [0, 0.1) is 0 Å². The number of hydrogen-bond donors (Lipinski definition) is 0. The first-order valence-corrected chi connectivity index (χ1v) is 12.2. The molecule has 32 heavy (non-hydrogen) atoms. The molecule has 0 unspecified atom stereocenters. The Morgan fingerprint density at radius 3 is 2.19 bits per heavy atom. The second kappa shape index (κ2) is 12.3. The van der Waals surface area contributed by atoms with E-state index >= 15 is 0 Å². The first kappa shape index (κ1) is 25.5. The second-order valence-corrected chi connectivity index (χ2v) is 9.86. The highest BCUT2D eigenvalue weighted by Crippen LogP contribution is 2.19. The van der Waals surface area contributed by atoms with Crippen molar-refractivity contribution >= 4 is 21.6 Å². The van der Waals surface area contributed by atoms with Crippen molar-refractivity contribution in [2.24, 2.45) is 0 Å². The van der Waals surface area contributed by atoms with Crippen molar-refractivity contribution < 1.29 is 27.5 Å². The minimum Gasteiger partial charge on any atom is -0.465 e. The van der Waals surface area contributed by atoms with Crippen LogP contribution in [0.4, 0.5) is 0 Å². The molecule has 2 aromatic rings. The van der Waals surface area contributed by atoms with Crippen molar-refractivity contribution in [2.75, 3.05) is 12.4 Å². The summed E-state index contributed by atoms with van der Waals surface area (Å²) in [4.78, 5) is 24.4. The molecule has 0 aliphatic carbocycles. The molecule has 2 atom stereocenters. The Kier molecular flexibility index (Phi) is 9.81. The van der Waals surface area contributed by atoms with Gasteiger partial charge < -0.3 is 9.47 Å². The zero-order chi connectivity index (χ0) is 23.6. The van der Waals surface area contributed by atoms with Crippen molar-refractivity contribution in [1.82, 2.24) is 0 Å². The van der Waals surface area contributed by atoms with E-state index < -0.39 is 32.9 Å². The highest BCUT2D eigenvalue weighted by atomic mass is 32.2. The Bertz CT molecular complexity index is 1010. The molecule has 2 rings (SSSR count). The molecule has 0 aliphatic heterocycles. The fraction of sp³-hybridized carbons (Fsp3) is 0.360. The van der Waals surface area contributed by atoms with Gasteiger partial charge in [0.25, 0.3) is 0 Å². The van der Waals surface area contributed by atoms with Gasteiger partial charge in [-0.05, 0) is 31.9 Å². The molecule has 2 aromatic carbocycles. The van der Waals surface area contributed by atoms with Crippen LogP contribution in [0.25, 0.3) is 0 Å².